The van der Waals surface area contributed by atoms with E-state index in [-0.39, 0.29) is 40.2 Å². The van der Waals surface area contributed by atoms with Crippen LogP contribution in [0.5, 0.6) is 28.7 Å². The molecule has 0 amide bonds. The molecule has 0 unspecified atom stereocenters. The van der Waals surface area contributed by atoms with Gasteiger partial charge in [-0.15, -0.1) is 0 Å². The Morgan fingerprint density at radius 2 is 0.701 bits per heavy atom. The zero-order valence-electron chi connectivity index (χ0n) is 71.9. The molecule has 17 nitrogen and oxygen atoms in total. The summed E-state index contributed by atoms with van der Waals surface area (Å²) in [7, 11) is 1.77. The van der Waals surface area contributed by atoms with Gasteiger partial charge in [-0.3, -0.25) is 24.0 Å². The van der Waals surface area contributed by atoms with E-state index >= 15 is 0 Å². The summed E-state index contributed by atoms with van der Waals surface area (Å²) in [6.07, 6.45) is 19.6. The van der Waals surface area contributed by atoms with Gasteiger partial charge in [-0.2, -0.15) is 0 Å². The fourth-order valence-corrected chi connectivity index (χ4v) is 19.3. The summed E-state index contributed by atoms with van der Waals surface area (Å²) in [4.78, 5) is 92.3. The number of pyridine rings is 1. The van der Waals surface area contributed by atoms with E-state index in [2.05, 4.69) is 100 Å². The maximum absolute atomic E-state index is 12.6. The number of Topliss-reactive ketones (excluding diaryl/α,β-unsaturated/α-hetero) is 4. The summed E-state index contributed by atoms with van der Waals surface area (Å²) >= 11 is 0. The van der Waals surface area contributed by atoms with E-state index in [0.29, 0.717) is 50.2 Å². The van der Waals surface area contributed by atoms with Crippen molar-refractivity contribution in [1.82, 2.24) is 29.5 Å². The van der Waals surface area contributed by atoms with Gasteiger partial charge < -0.3 is 53.9 Å². The number of allylic oxidation sites excluding steroid dienone is 4. The highest BCUT2D eigenvalue weighted by molar-refractivity contribution is 6.22. The average Bonchev–Trinajstić information content (AvgIpc) is 1.62. The van der Waals surface area contributed by atoms with Crippen molar-refractivity contribution in [1.29, 1.82) is 0 Å². The van der Waals surface area contributed by atoms with Crippen molar-refractivity contribution >= 4 is 173 Å². The third kappa shape index (κ3) is 14.4. The van der Waals surface area contributed by atoms with Gasteiger partial charge in [0.15, 0.2) is 23.1 Å². The number of phenols is 2. The fourth-order valence-electron chi connectivity index (χ4n) is 19.3. The van der Waals surface area contributed by atoms with Crippen LogP contribution in [0.25, 0.3) is 144 Å². The topological polar surface area (TPSA) is 254 Å². The molecule has 0 bridgehead atoms. The number of carbonyl (C=O) groups is 5. The first-order chi connectivity index (χ1) is 61.4. The fraction of sp³-hybridized carbons (Fsp3) is 0.145. The summed E-state index contributed by atoms with van der Waals surface area (Å²) in [6.45, 7) is 19.4. The molecule has 13 aromatic carbocycles. The van der Waals surface area contributed by atoms with Crippen LogP contribution in [0.2, 0.25) is 0 Å². The molecule has 0 saturated carbocycles. The first kappa shape index (κ1) is 81.1. The van der Waals surface area contributed by atoms with E-state index < -0.39 is 5.97 Å². The number of benzene rings is 13. The minimum Gasteiger partial charge on any atom is -0.508 e. The smallest absolute Gasteiger partial charge is 0.343 e. The van der Waals surface area contributed by atoms with Crippen LogP contribution in [0.4, 0.5) is 0 Å². The van der Waals surface area contributed by atoms with Crippen LogP contribution in [-0.4, -0.2) is 68.8 Å². The lowest BCUT2D eigenvalue weighted by atomic mass is 9.86. The number of nitrogens with one attached hydrogen (secondary N) is 5. The van der Waals surface area contributed by atoms with Crippen LogP contribution in [0.15, 0.2) is 229 Å². The predicted octanol–water partition coefficient (Wildman–Crippen LogP) is 25.4. The Hall–Kier alpha value is -15.6. The first-order valence-electron chi connectivity index (χ1n) is 42.6. The van der Waals surface area contributed by atoms with Gasteiger partial charge in [0.1, 0.15) is 42.0 Å². The van der Waals surface area contributed by atoms with Crippen molar-refractivity contribution in [3.05, 3.63) is 346 Å². The Labute approximate surface area is 730 Å². The van der Waals surface area contributed by atoms with Gasteiger partial charge in [-0.1, -0.05) is 127 Å². The second kappa shape index (κ2) is 32.6. The Bertz CT molecular complexity index is 8120. The van der Waals surface area contributed by atoms with Crippen LogP contribution in [0.3, 0.4) is 0 Å². The number of aromatic nitrogens is 6. The molecule has 0 spiro atoms. The van der Waals surface area contributed by atoms with Gasteiger partial charge in [0.25, 0.3) is 5.56 Å². The SMILES string of the molecule is Cc1c2c(c(C)c3c1[nH]c1ccc(O)cc13)C(=O)CC=C2.Cc1c2c(c(C)c3c1[nH]c1ccc(OC(=O)c4ccccc4)cc13)C(=O)CC=C2.Cc1c2c(c(C)c3c1[nH]c1ccc(OCc4ccccc4)cc13)C(=O)CC=C2.Cc1c2c(cc3c1[nH]c1ccc(OCc4ccccc4)cc13)C(=O)CC=C2.Cc1c2ccn(C)c(=O)c2c(C)c2c1[nH]c1ccc(O)cc12. The van der Waals surface area contributed by atoms with Gasteiger partial charge in [0.2, 0.25) is 0 Å². The molecule has 23 rings (SSSR count). The van der Waals surface area contributed by atoms with Crippen molar-refractivity contribution in [3.63, 3.8) is 0 Å². The normalized spacial score (nSPS) is 13.1. The molecule has 17 heteroatoms. The third-order valence-electron chi connectivity index (χ3n) is 25.7. The van der Waals surface area contributed by atoms with E-state index in [0.717, 1.165) is 237 Å². The molecule has 0 saturated heterocycles. The highest BCUT2D eigenvalue weighted by atomic mass is 16.5. The molecule has 4 aliphatic rings. The summed E-state index contributed by atoms with van der Waals surface area (Å²) in [6, 6.07) is 61.6. The van der Waals surface area contributed by atoms with Crippen LogP contribution in [-0.2, 0) is 20.3 Å². The highest BCUT2D eigenvalue weighted by Gasteiger charge is 2.29. The maximum Gasteiger partial charge on any atom is 0.343 e. The second-order valence-corrected chi connectivity index (χ2v) is 33.4. The van der Waals surface area contributed by atoms with Crippen molar-refractivity contribution in [3.8, 4) is 28.7 Å². The lowest BCUT2D eigenvalue weighted by Crippen LogP contribution is -2.16. The Morgan fingerprint density at radius 3 is 1.17 bits per heavy atom. The predicted molar refractivity (Wildman–Crippen MR) is 513 cm³/mol. The molecule has 4 aliphatic carbocycles. The number of phenolic OH excluding ortho intramolecular Hbond substituents is 2. The molecule has 626 valence electrons. The van der Waals surface area contributed by atoms with Crippen molar-refractivity contribution in [2.45, 2.75) is 101 Å². The molecule has 0 fully saturated rings. The highest BCUT2D eigenvalue weighted by Crippen LogP contribution is 2.45. The van der Waals surface area contributed by atoms with Gasteiger partial charge in [-0.25, -0.2) is 4.79 Å². The molecule has 19 aromatic rings. The number of hydrogen-bond donors (Lipinski definition) is 7. The summed E-state index contributed by atoms with van der Waals surface area (Å²) < 4.78 is 19.2. The van der Waals surface area contributed by atoms with Gasteiger partial charge in [0.05, 0.1) is 38.5 Å². The van der Waals surface area contributed by atoms with Crippen molar-refractivity contribution < 1.29 is 48.4 Å². The Morgan fingerprint density at radius 1 is 0.339 bits per heavy atom. The number of H-pyrrole nitrogens is 5. The number of aromatic amines is 5. The molecule has 7 N–H and O–H groups in total. The quantitative estimate of drug-likeness (QED) is 0.0556. The van der Waals surface area contributed by atoms with Gasteiger partial charge in [0, 0.05) is 143 Å². The molecular formula is C110H90N6O11. The minimum absolute atomic E-state index is 0.00880. The first-order valence-corrected chi connectivity index (χ1v) is 42.6. The number of carbonyl (C=O) groups excluding carboxylic acids is 5. The molecule has 0 aliphatic heterocycles. The molecule has 0 atom stereocenters. The third-order valence-corrected chi connectivity index (χ3v) is 25.7. The second-order valence-electron chi connectivity index (χ2n) is 33.4. The van der Waals surface area contributed by atoms with Crippen LogP contribution in [0, 0.1) is 62.3 Å². The number of esters is 1. The zero-order chi connectivity index (χ0) is 88.1. The number of hydrogen-bond acceptors (Lipinski definition) is 11. The van der Waals surface area contributed by atoms with Gasteiger partial charge >= 0.3 is 5.97 Å². The van der Waals surface area contributed by atoms with E-state index in [1.165, 1.54) is 0 Å². The number of aryl methyl sites for hydroxylation is 10. The maximum atomic E-state index is 12.6. The Kier molecular flexibility index (Phi) is 20.8. The lowest BCUT2D eigenvalue weighted by Gasteiger charge is -2.17. The molecule has 0 radical (unpaired) electrons. The van der Waals surface area contributed by atoms with Crippen LogP contribution in [0.1, 0.15) is 161 Å². The minimum atomic E-state index is -0.393. The number of ether oxygens (including phenoxy) is 3. The summed E-state index contributed by atoms with van der Waals surface area (Å²) in [5.41, 5.74) is 29.9. The van der Waals surface area contributed by atoms with Crippen molar-refractivity contribution in [2.75, 3.05) is 0 Å². The molecule has 6 aromatic heterocycles. The standard InChI is InChI=1S/C25H19NO3.C25H21NO2.C24H19NO2.C18H16N2O2.C18H15NO2/c1-14-18-9-6-10-21(27)22(18)15(2)23-19-13-17(11-12-20(19)26-24(14)23)29-25(28)16-7-4-3-5-8-16;1-15-19-9-6-10-22(27)23(19)16(2)24-20-13-18(11-12-21(20)26-25(15)24)28-14-17-7-4-3-5-8-17;1-15-18-8-5-9-23(26)20(18)13-21-19-12-17(10-11-22(19)25-24(15)21)27-14-16-6-3-2-4-7-16;1-9-12-6-7-20(3)18(22)16(12)10(2)15-13-8-11(21)4-5-14(13)19-17(9)15;1-9-12-4-3-5-15(21)16(12)10(2)17-13-8-11(20)6-7-14(13)19-18(9)17/h3-9,11-13,26H,10H2,1-2H3;3-9,11-13,26H,10,14H2,1-2H3;2-8,10-13,25H,9,14H2,1H3;4-8,19,21H,1-3H3;3-4,6-8,19-20H,5H2,1-2H3. The van der Waals surface area contributed by atoms with Crippen molar-refractivity contribution in [2.24, 2.45) is 7.05 Å². The number of aromatic hydroxyl groups is 2. The van der Waals surface area contributed by atoms with Gasteiger partial charge in [-0.05, 0) is 266 Å². The van der Waals surface area contributed by atoms with Crippen LogP contribution >= 0.6 is 0 Å². The monoisotopic (exact) mass is 1670 g/mol. The largest absolute Gasteiger partial charge is 0.508 e. The number of ketones is 4. The molecule has 6 heterocycles. The Balaban J connectivity index is 0.000000104. The molecular weight excluding hydrogens is 1580 g/mol. The van der Waals surface area contributed by atoms with E-state index in [9.17, 15) is 39.0 Å². The zero-order valence-corrected chi connectivity index (χ0v) is 71.9. The summed E-state index contributed by atoms with van der Waals surface area (Å²) in [5.74, 6) is 2.91. The van der Waals surface area contributed by atoms with Crippen LogP contribution < -0.4 is 19.8 Å². The van der Waals surface area contributed by atoms with E-state index in [1.54, 1.807) is 72.4 Å². The molecule has 127 heavy (non-hydrogen) atoms. The number of nitrogens with zero attached hydrogens (tertiary/aromatic N) is 1. The van der Waals surface area contributed by atoms with E-state index in [1.807, 2.05) is 175 Å². The number of fused-ring (bicyclic) bond motifs is 20. The van der Waals surface area contributed by atoms with E-state index in [4.69, 9.17) is 14.2 Å². The summed E-state index contributed by atoms with van der Waals surface area (Å²) in [5, 5.41) is 31.6. The lowest BCUT2D eigenvalue weighted by molar-refractivity contribution is 0.0733. The average molecular weight is 1670 g/mol. The number of rotatable bonds is 8.